The van der Waals surface area contributed by atoms with Gasteiger partial charge in [-0.1, -0.05) is 31.4 Å². The number of hydrogen-bond donors (Lipinski definition) is 0. The van der Waals surface area contributed by atoms with Crippen molar-refractivity contribution in [1.82, 2.24) is 9.80 Å². The molecule has 23 heavy (non-hydrogen) atoms. The zero-order valence-electron chi connectivity index (χ0n) is 12.7. The van der Waals surface area contributed by atoms with Gasteiger partial charge in [-0.3, -0.25) is 9.59 Å². The van der Waals surface area contributed by atoms with Crippen LogP contribution in [0.2, 0.25) is 0 Å². The van der Waals surface area contributed by atoms with Gasteiger partial charge in [0.2, 0.25) is 0 Å². The maximum absolute atomic E-state index is 12.8. The quantitative estimate of drug-likeness (QED) is 0.433. The summed E-state index contributed by atoms with van der Waals surface area (Å²) in [4.78, 5) is 37.7. The first kappa shape index (κ1) is 17.3. The number of hydrogen-bond acceptors (Lipinski definition) is 4. The van der Waals surface area contributed by atoms with Crippen molar-refractivity contribution in [2.24, 2.45) is 17.3 Å². The zero-order valence-corrected chi connectivity index (χ0v) is 13.5. The van der Waals surface area contributed by atoms with Gasteiger partial charge in [-0.2, -0.15) is 4.39 Å². The molecule has 1 aliphatic heterocycles. The first-order valence-electron chi connectivity index (χ1n) is 6.92. The summed E-state index contributed by atoms with van der Waals surface area (Å²) in [6.07, 6.45) is 6.27. The fraction of sp³-hybridized carbons (Fsp3) is 0.533. The van der Waals surface area contributed by atoms with Gasteiger partial charge >= 0.3 is 12.0 Å². The molecular weight excluding hydrogens is 327 g/mol. The van der Waals surface area contributed by atoms with E-state index in [9.17, 15) is 18.8 Å². The summed E-state index contributed by atoms with van der Waals surface area (Å²) in [5.41, 5.74) is -0.488. The number of imide groups is 1. The van der Waals surface area contributed by atoms with Crippen LogP contribution in [-0.2, 0) is 14.3 Å². The highest BCUT2D eigenvalue weighted by Gasteiger charge is 2.62. The zero-order chi connectivity index (χ0) is 17.4. The summed E-state index contributed by atoms with van der Waals surface area (Å²) < 4.78 is 17.8. The minimum absolute atomic E-state index is 0.00649. The molecular formula is C15H16ClFN2O4. The summed E-state index contributed by atoms with van der Waals surface area (Å²) in [6.45, 7) is 2.94. The van der Waals surface area contributed by atoms with Crippen molar-refractivity contribution in [1.29, 1.82) is 0 Å². The van der Waals surface area contributed by atoms with Gasteiger partial charge in [-0.25, -0.2) is 9.69 Å². The first-order valence-corrected chi connectivity index (χ1v) is 7.30. The fourth-order valence-electron chi connectivity index (χ4n) is 2.75. The lowest BCUT2D eigenvalue weighted by atomic mass is 10.1. The van der Waals surface area contributed by atoms with E-state index >= 15 is 0 Å². The first-order chi connectivity index (χ1) is 10.7. The number of ether oxygens (including phenoxy) is 1. The van der Waals surface area contributed by atoms with Gasteiger partial charge in [0, 0.05) is 5.92 Å². The largest absolute Gasteiger partial charge is 0.443 e. The average molecular weight is 343 g/mol. The second-order valence-electron chi connectivity index (χ2n) is 6.04. The molecule has 0 spiro atoms. The molecule has 0 aromatic rings. The van der Waals surface area contributed by atoms with Gasteiger partial charge in [-0.05, 0) is 11.5 Å². The predicted octanol–water partition coefficient (Wildman–Crippen LogP) is 1.71. The van der Waals surface area contributed by atoms with Crippen molar-refractivity contribution < 1.29 is 23.5 Å². The third-order valence-electron chi connectivity index (χ3n) is 4.22. The van der Waals surface area contributed by atoms with E-state index in [0.29, 0.717) is 0 Å². The van der Waals surface area contributed by atoms with Crippen molar-refractivity contribution >= 4 is 29.5 Å². The Labute approximate surface area is 138 Å². The van der Waals surface area contributed by atoms with Gasteiger partial charge in [-0.15, -0.1) is 6.42 Å². The number of carbonyl (C=O) groups is 3. The third-order valence-corrected chi connectivity index (χ3v) is 4.34. The normalized spacial score (nSPS) is 26.3. The molecule has 2 rings (SSSR count). The Hall–Kier alpha value is -2.07. The maximum Gasteiger partial charge on any atom is 0.330 e. The molecule has 1 heterocycles. The molecule has 0 aromatic heterocycles. The third kappa shape index (κ3) is 3.32. The smallest absolute Gasteiger partial charge is 0.330 e. The van der Waals surface area contributed by atoms with Crippen LogP contribution in [0.25, 0.3) is 0 Å². The number of amides is 3. The van der Waals surface area contributed by atoms with E-state index in [1.165, 1.54) is 4.90 Å². The monoisotopic (exact) mass is 342 g/mol. The van der Waals surface area contributed by atoms with Crippen LogP contribution >= 0.6 is 11.6 Å². The van der Waals surface area contributed by atoms with Crippen LogP contribution in [0.15, 0.2) is 11.4 Å². The van der Waals surface area contributed by atoms with Gasteiger partial charge in [0.15, 0.2) is 12.0 Å². The standard InChI is InChI=1S/C15H16ClFN2O4/c1-4-5-18-7-11(20)19(14(18)22)8-23-13(21)12-9(6-10(16)17)15(12,2)3/h1,6,9,12H,5,7-8H2,2-3H3/t9-,12-/m0/s1. The van der Waals surface area contributed by atoms with Crippen LogP contribution in [0.3, 0.4) is 0 Å². The molecule has 2 aliphatic rings. The predicted molar refractivity (Wildman–Crippen MR) is 79.4 cm³/mol. The highest BCUT2D eigenvalue weighted by Crippen LogP contribution is 2.60. The number of terminal acetylenes is 1. The lowest BCUT2D eigenvalue weighted by molar-refractivity contribution is -0.151. The van der Waals surface area contributed by atoms with Crippen LogP contribution < -0.4 is 0 Å². The molecule has 2 fully saturated rings. The molecule has 8 heteroatoms. The van der Waals surface area contributed by atoms with E-state index in [0.717, 1.165) is 11.0 Å². The number of urea groups is 1. The van der Waals surface area contributed by atoms with Gasteiger partial charge < -0.3 is 9.64 Å². The van der Waals surface area contributed by atoms with Crippen LogP contribution in [0.1, 0.15) is 13.8 Å². The summed E-state index contributed by atoms with van der Waals surface area (Å²) in [5, 5.41) is -0.881. The van der Waals surface area contributed by atoms with E-state index in [2.05, 4.69) is 5.92 Å². The number of rotatable bonds is 5. The van der Waals surface area contributed by atoms with Crippen LogP contribution in [0, 0.1) is 29.6 Å². The minimum Gasteiger partial charge on any atom is -0.443 e. The number of nitrogens with zero attached hydrogens (tertiary/aromatic N) is 2. The van der Waals surface area contributed by atoms with Crippen LogP contribution in [-0.4, -0.2) is 47.5 Å². The summed E-state index contributed by atoms with van der Waals surface area (Å²) >= 11 is 5.20. The van der Waals surface area contributed by atoms with Crippen molar-refractivity contribution in [2.45, 2.75) is 13.8 Å². The summed E-state index contributed by atoms with van der Waals surface area (Å²) in [7, 11) is 0. The molecule has 0 N–H and O–H groups in total. The minimum atomic E-state index is -0.881. The molecule has 1 saturated heterocycles. The van der Waals surface area contributed by atoms with Crippen LogP contribution in [0.5, 0.6) is 0 Å². The van der Waals surface area contributed by atoms with Gasteiger partial charge in [0.1, 0.15) is 6.54 Å². The molecule has 0 bridgehead atoms. The van der Waals surface area contributed by atoms with E-state index in [1.54, 1.807) is 13.8 Å². The molecule has 124 valence electrons. The Morgan fingerprint density at radius 2 is 2.22 bits per heavy atom. The average Bonchev–Trinajstić information content (AvgIpc) is 2.85. The molecule has 3 amide bonds. The highest BCUT2D eigenvalue weighted by molar-refractivity contribution is 6.28. The number of esters is 1. The Kier molecular flexibility index (Phi) is 4.66. The molecule has 1 saturated carbocycles. The lowest BCUT2D eigenvalue weighted by Crippen LogP contribution is -2.36. The van der Waals surface area contributed by atoms with Crippen LogP contribution in [0.4, 0.5) is 9.18 Å². The molecule has 0 unspecified atom stereocenters. The summed E-state index contributed by atoms with van der Waals surface area (Å²) in [6, 6.07) is -0.598. The fourth-order valence-corrected chi connectivity index (χ4v) is 2.88. The number of allylic oxidation sites excluding steroid dienone is 1. The van der Waals surface area contributed by atoms with Crippen molar-refractivity contribution in [3.05, 3.63) is 11.4 Å². The van der Waals surface area contributed by atoms with Gasteiger partial charge in [0.05, 0.1) is 12.5 Å². The molecule has 6 nitrogen and oxygen atoms in total. The molecule has 1 aliphatic carbocycles. The molecule has 2 atom stereocenters. The maximum atomic E-state index is 12.8. The number of halogens is 2. The Balaban J connectivity index is 1.93. The lowest BCUT2D eigenvalue weighted by Gasteiger charge is -2.15. The van der Waals surface area contributed by atoms with E-state index < -0.39 is 41.3 Å². The Bertz CT molecular complexity index is 621. The highest BCUT2D eigenvalue weighted by atomic mass is 35.5. The Morgan fingerprint density at radius 3 is 2.78 bits per heavy atom. The topological polar surface area (TPSA) is 66.9 Å². The number of carbonyl (C=O) groups excluding carboxylic acids is 3. The van der Waals surface area contributed by atoms with Gasteiger partial charge in [0.25, 0.3) is 5.91 Å². The van der Waals surface area contributed by atoms with Crippen molar-refractivity contribution in [2.75, 3.05) is 19.8 Å². The summed E-state index contributed by atoms with van der Waals surface area (Å²) in [5.74, 6) is 0.230. The molecule has 0 aromatic carbocycles. The SMILES string of the molecule is C#CCN1CC(=O)N(COC(=O)[C@@H]2[C@H](C=C(F)Cl)C2(C)C)C1=O. The van der Waals surface area contributed by atoms with Crippen molar-refractivity contribution in [3.63, 3.8) is 0 Å². The second-order valence-corrected chi connectivity index (χ2v) is 6.40. The van der Waals surface area contributed by atoms with E-state index in [-0.39, 0.29) is 19.0 Å². The second kappa shape index (κ2) is 6.20. The molecule has 0 radical (unpaired) electrons. The van der Waals surface area contributed by atoms with Crippen molar-refractivity contribution in [3.8, 4) is 12.3 Å². The Morgan fingerprint density at radius 1 is 1.57 bits per heavy atom. The van der Waals surface area contributed by atoms with E-state index in [4.69, 9.17) is 22.8 Å². The van der Waals surface area contributed by atoms with E-state index in [1.807, 2.05) is 0 Å².